The molecular weight excluding hydrogens is 476 g/mol. The molecule has 0 saturated heterocycles. The van der Waals surface area contributed by atoms with Crippen LogP contribution in [0.4, 0.5) is 0 Å². The Balaban J connectivity index is 1.89. The number of amides is 1. The maximum Gasteiger partial charge on any atom is 0.244 e. The van der Waals surface area contributed by atoms with E-state index in [1.165, 1.54) is 4.31 Å². The number of hydrogen-bond acceptors (Lipinski definition) is 5. The van der Waals surface area contributed by atoms with Gasteiger partial charge in [0.05, 0.1) is 31.7 Å². The number of carbonyl (C=O) groups is 1. The summed E-state index contributed by atoms with van der Waals surface area (Å²) in [4.78, 5) is 13.4. The van der Waals surface area contributed by atoms with E-state index in [9.17, 15) is 13.2 Å². The Morgan fingerprint density at radius 3 is 2.11 bits per heavy atom. The molecule has 3 aromatic carbocycles. The molecule has 36 heavy (non-hydrogen) atoms. The molecule has 1 atom stereocenters. The number of aryl methyl sites for hydroxylation is 3. The highest BCUT2D eigenvalue weighted by Crippen LogP contribution is 2.30. The van der Waals surface area contributed by atoms with Gasteiger partial charge in [0.2, 0.25) is 15.9 Å². The Morgan fingerprint density at radius 2 is 1.53 bits per heavy atom. The van der Waals surface area contributed by atoms with E-state index in [2.05, 4.69) is 5.32 Å². The molecule has 1 unspecified atom stereocenters. The molecule has 0 spiro atoms. The molecule has 0 bridgehead atoms. The summed E-state index contributed by atoms with van der Waals surface area (Å²) in [5.41, 5.74) is 3.90. The lowest BCUT2D eigenvalue weighted by molar-refractivity contribution is -0.122. The van der Waals surface area contributed by atoms with Gasteiger partial charge in [0.1, 0.15) is 0 Å². The second-order valence-electron chi connectivity index (χ2n) is 8.89. The molecule has 192 valence electrons. The fraction of sp³-hybridized carbons (Fsp3) is 0.321. The SMILES string of the molecule is COc1ccc(C(C)NC(=O)CN(Cc2ccccc2)S(=O)(=O)c2c(C)cc(C)cc2C)cc1OC. The summed E-state index contributed by atoms with van der Waals surface area (Å²) >= 11 is 0. The molecular formula is C28H34N2O5S. The molecule has 0 aromatic heterocycles. The smallest absolute Gasteiger partial charge is 0.244 e. The van der Waals surface area contributed by atoms with Gasteiger partial charge in [0.25, 0.3) is 0 Å². The first-order chi connectivity index (χ1) is 17.1. The molecule has 1 N–H and O–H groups in total. The summed E-state index contributed by atoms with van der Waals surface area (Å²) in [6.45, 7) is 7.10. The van der Waals surface area contributed by atoms with Crippen LogP contribution < -0.4 is 14.8 Å². The minimum atomic E-state index is -3.96. The van der Waals surface area contributed by atoms with Crippen molar-refractivity contribution in [1.29, 1.82) is 0 Å². The summed E-state index contributed by atoms with van der Waals surface area (Å²) in [5.74, 6) is 0.734. The van der Waals surface area contributed by atoms with Crippen LogP contribution in [0.25, 0.3) is 0 Å². The van der Waals surface area contributed by atoms with Gasteiger partial charge in [-0.15, -0.1) is 0 Å². The summed E-state index contributed by atoms with van der Waals surface area (Å²) < 4.78 is 39.6. The van der Waals surface area contributed by atoms with Crippen molar-refractivity contribution >= 4 is 15.9 Å². The van der Waals surface area contributed by atoms with Crippen molar-refractivity contribution in [2.45, 2.75) is 45.2 Å². The third-order valence-electron chi connectivity index (χ3n) is 6.01. The van der Waals surface area contributed by atoms with Gasteiger partial charge in [-0.3, -0.25) is 4.79 Å². The molecule has 0 heterocycles. The number of nitrogens with zero attached hydrogens (tertiary/aromatic N) is 1. The topological polar surface area (TPSA) is 84.9 Å². The number of rotatable bonds is 10. The minimum Gasteiger partial charge on any atom is -0.493 e. The summed E-state index contributed by atoms with van der Waals surface area (Å²) in [7, 11) is -0.851. The lowest BCUT2D eigenvalue weighted by Gasteiger charge is -2.25. The number of sulfonamides is 1. The fourth-order valence-corrected chi connectivity index (χ4v) is 6.16. The standard InChI is InChI=1S/C28H34N2O5S/c1-19-14-20(2)28(21(3)15-19)36(32,33)30(17-23-10-8-7-9-11-23)18-27(31)29-22(4)24-12-13-25(34-5)26(16-24)35-6/h7-16,22H,17-18H2,1-6H3,(H,29,31). The molecule has 0 saturated carbocycles. The van der Waals surface area contributed by atoms with Gasteiger partial charge in [0, 0.05) is 6.54 Å². The van der Waals surface area contributed by atoms with E-state index in [4.69, 9.17) is 9.47 Å². The van der Waals surface area contributed by atoms with Crippen molar-refractivity contribution in [2.75, 3.05) is 20.8 Å². The number of hydrogen-bond donors (Lipinski definition) is 1. The molecule has 0 radical (unpaired) electrons. The van der Waals surface area contributed by atoms with Gasteiger partial charge in [-0.1, -0.05) is 54.1 Å². The number of methoxy groups -OCH3 is 2. The highest BCUT2D eigenvalue weighted by molar-refractivity contribution is 7.89. The predicted molar refractivity (Wildman–Crippen MR) is 141 cm³/mol. The molecule has 3 aromatic rings. The Kier molecular flexibility index (Phi) is 8.76. The van der Waals surface area contributed by atoms with Crippen LogP contribution in [0.1, 0.15) is 40.8 Å². The van der Waals surface area contributed by atoms with Crippen molar-refractivity contribution in [2.24, 2.45) is 0 Å². The van der Waals surface area contributed by atoms with E-state index in [1.807, 2.05) is 62.4 Å². The van der Waals surface area contributed by atoms with Gasteiger partial charge >= 0.3 is 0 Å². The summed E-state index contributed by atoms with van der Waals surface area (Å²) in [6.07, 6.45) is 0. The molecule has 0 aliphatic heterocycles. The van der Waals surface area contributed by atoms with E-state index in [0.29, 0.717) is 22.6 Å². The summed E-state index contributed by atoms with van der Waals surface area (Å²) in [5, 5.41) is 2.92. The molecule has 0 aliphatic rings. The molecule has 0 fully saturated rings. The normalized spacial score (nSPS) is 12.3. The van der Waals surface area contributed by atoms with E-state index in [0.717, 1.165) is 16.7 Å². The lowest BCUT2D eigenvalue weighted by Crippen LogP contribution is -2.41. The largest absolute Gasteiger partial charge is 0.493 e. The zero-order valence-electron chi connectivity index (χ0n) is 21.7. The average molecular weight is 511 g/mol. The molecule has 3 rings (SSSR count). The van der Waals surface area contributed by atoms with Gasteiger partial charge in [0.15, 0.2) is 11.5 Å². The van der Waals surface area contributed by atoms with Crippen molar-refractivity contribution in [3.63, 3.8) is 0 Å². The molecule has 8 heteroatoms. The number of nitrogens with one attached hydrogen (secondary N) is 1. The Labute approximate surface area is 214 Å². The quantitative estimate of drug-likeness (QED) is 0.428. The number of benzene rings is 3. The molecule has 7 nitrogen and oxygen atoms in total. The maximum atomic E-state index is 13.9. The van der Waals surface area contributed by atoms with E-state index < -0.39 is 15.9 Å². The third-order valence-corrected chi connectivity index (χ3v) is 8.11. The molecule has 1 amide bonds. The van der Waals surface area contributed by atoms with Gasteiger partial charge in [-0.25, -0.2) is 8.42 Å². The van der Waals surface area contributed by atoms with E-state index >= 15 is 0 Å². The first-order valence-corrected chi connectivity index (χ1v) is 13.1. The zero-order valence-corrected chi connectivity index (χ0v) is 22.5. The predicted octanol–water partition coefficient (Wildman–Crippen LogP) is 4.70. The van der Waals surface area contributed by atoms with Gasteiger partial charge in [-0.2, -0.15) is 4.31 Å². The molecule has 0 aliphatic carbocycles. The Hall–Kier alpha value is -3.36. The van der Waals surface area contributed by atoms with Crippen LogP contribution in [-0.2, 0) is 21.4 Å². The van der Waals surface area contributed by atoms with E-state index in [-0.39, 0.29) is 24.0 Å². The van der Waals surface area contributed by atoms with Crippen molar-refractivity contribution in [3.8, 4) is 11.5 Å². The third kappa shape index (κ3) is 6.25. The number of carbonyl (C=O) groups excluding carboxylic acids is 1. The van der Waals surface area contributed by atoms with Crippen LogP contribution in [0.5, 0.6) is 11.5 Å². The van der Waals surface area contributed by atoms with Gasteiger partial charge in [-0.05, 0) is 62.1 Å². The highest BCUT2D eigenvalue weighted by Gasteiger charge is 2.30. The minimum absolute atomic E-state index is 0.0775. The average Bonchev–Trinajstić information content (AvgIpc) is 2.82. The van der Waals surface area contributed by atoms with Crippen LogP contribution in [0.15, 0.2) is 65.6 Å². The van der Waals surface area contributed by atoms with Gasteiger partial charge < -0.3 is 14.8 Å². The van der Waals surface area contributed by atoms with Crippen LogP contribution in [0.2, 0.25) is 0 Å². The fourth-order valence-electron chi connectivity index (χ4n) is 4.37. The summed E-state index contributed by atoms with van der Waals surface area (Å²) in [6, 6.07) is 18.0. The van der Waals surface area contributed by atoms with Crippen molar-refractivity contribution < 1.29 is 22.7 Å². The van der Waals surface area contributed by atoms with Crippen LogP contribution in [0.3, 0.4) is 0 Å². The van der Waals surface area contributed by atoms with Crippen molar-refractivity contribution in [1.82, 2.24) is 9.62 Å². The first-order valence-electron chi connectivity index (χ1n) is 11.7. The monoisotopic (exact) mass is 510 g/mol. The van der Waals surface area contributed by atoms with Crippen LogP contribution in [-0.4, -0.2) is 39.4 Å². The lowest BCUT2D eigenvalue weighted by atomic mass is 10.1. The Morgan fingerprint density at radius 1 is 0.917 bits per heavy atom. The van der Waals surface area contributed by atoms with Crippen molar-refractivity contribution in [3.05, 3.63) is 88.5 Å². The first kappa shape index (κ1) is 27.2. The van der Waals surface area contributed by atoms with Crippen LogP contribution >= 0.6 is 0 Å². The van der Waals surface area contributed by atoms with E-state index in [1.54, 1.807) is 40.2 Å². The zero-order chi connectivity index (χ0) is 26.5. The van der Waals surface area contributed by atoms with Crippen LogP contribution in [0, 0.1) is 20.8 Å². The number of ether oxygens (including phenoxy) is 2. The second-order valence-corrected chi connectivity index (χ2v) is 10.8. The highest BCUT2D eigenvalue weighted by atomic mass is 32.2. The Bertz CT molecular complexity index is 1300. The maximum absolute atomic E-state index is 13.9. The second kappa shape index (κ2) is 11.6.